The molecule has 4 nitrogen and oxygen atoms in total. The number of anilines is 2. The highest BCUT2D eigenvalue weighted by atomic mass is 16.5. The summed E-state index contributed by atoms with van der Waals surface area (Å²) < 4.78 is 4.98. The number of fused-ring (bicyclic) bond motifs is 1. The zero-order valence-corrected chi connectivity index (χ0v) is 12.2. The molecule has 0 bridgehead atoms. The number of hydrogen-bond donors (Lipinski definition) is 1. The van der Waals surface area contributed by atoms with Crippen molar-refractivity contribution < 1.29 is 9.53 Å². The number of esters is 1. The average Bonchev–Trinajstić information content (AvgIpc) is 2.55. The summed E-state index contributed by atoms with van der Waals surface area (Å²) in [5.74, 6) is -0.364. The lowest BCUT2D eigenvalue weighted by atomic mass is 10.1. The Morgan fingerprint density at radius 2 is 1.86 bits per heavy atom. The number of benzene rings is 2. The number of hydrogen-bond acceptors (Lipinski definition) is 4. The second kappa shape index (κ2) is 6.26. The SMILES string of the molecule is CCOC(=O)c1cncc(Nc2ccc3ccccc3c2)c1. The van der Waals surface area contributed by atoms with E-state index in [0.29, 0.717) is 12.2 Å². The van der Waals surface area contributed by atoms with E-state index in [9.17, 15) is 4.79 Å². The topological polar surface area (TPSA) is 51.2 Å². The highest BCUT2D eigenvalue weighted by molar-refractivity contribution is 5.90. The molecule has 1 aromatic heterocycles. The van der Waals surface area contributed by atoms with E-state index in [4.69, 9.17) is 4.74 Å². The molecule has 3 rings (SSSR count). The molecule has 22 heavy (non-hydrogen) atoms. The van der Waals surface area contributed by atoms with Crippen molar-refractivity contribution in [1.82, 2.24) is 4.98 Å². The molecule has 0 saturated carbocycles. The fourth-order valence-corrected chi connectivity index (χ4v) is 2.27. The standard InChI is InChI=1S/C18H16N2O2/c1-2-22-18(21)15-10-17(12-19-11-15)20-16-8-7-13-5-3-4-6-14(13)9-16/h3-12,20H,2H2,1H3. The van der Waals surface area contributed by atoms with Crippen molar-refractivity contribution in [3.05, 3.63) is 66.5 Å². The lowest BCUT2D eigenvalue weighted by Gasteiger charge is -2.09. The fraction of sp³-hybridized carbons (Fsp3) is 0.111. The van der Waals surface area contributed by atoms with Gasteiger partial charge >= 0.3 is 5.97 Å². The number of rotatable bonds is 4. The fourth-order valence-electron chi connectivity index (χ4n) is 2.27. The van der Waals surface area contributed by atoms with Crippen molar-refractivity contribution >= 4 is 28.1 Å². The van der Waals surface area contributed by atoms with Gasteiger partial charge in [-0.1, -0.05) is 30.3 Å². The first-order chi connectivity index (χ1) is 10.8. The zero-order valence-electron chi connectivity index (χ0n) is 12.2. The van der Waals surface area contributed by atoms with Crippen molar-refractivity contribution in [2.24, 2.45) is 0 Å². The Hall–Kier alpha value is -2.88. The van der Waals surface area contributed by atoms with E-state index in [1.165, 1.54) is 11.6 Å². The molecule has 0 aliphatic rings. The molecule has 0 aliphatic carbocycles. The third-order valence-electron chi connectivity index (χ3n) is 3.29. The second-order valence-corrected chi connectivity index (χ2v) is 4.87. The van der Waals surface area contributed by atoms with E-state index in [1.807, 2.05) is 18.2 Å². The molecule has 0 unspecified atom stereocenters. The zero-order chi connectivity index (χ0) is 15.4. The highest BCUT2D eigenvalue weighted by Gasteiger charge is 2.07. The summed E-state index contributed by atoms with van der Waals surface area (Å²) in [5.41, 5.74) is 2.13. The van der Waals surface area contributed by atoms with Crippen molar-refractivity contribution in [3.8, 4) is 0 Å². The van der Waals surface area contributed by atoms with E-state index in [-0.39, 0.29) is 5.97 Å². The van der Waals surface area contributed by atoms with Gasteiger partial charge in [-0.05, 0) is 35.9 Å². The van der Waals surface area contributed by atoms with Gasteiger partial charge < -0.3 is 10.1 Å². The number of nitrogens with one attached hydrogen (secondary N) is 1. The van der Waals surface area contributed by atoms with Gasteiger partial charge in [-0.15, -0.1) is 0 Å². The minimum atomic E-state index is -0.364. The molecule has 0 amide bonds. The molecule has 0 atom stereocenters. The predicted molar refractivity (Wildman–Crippen MR) is 87.4 cm³/mol. The number of nitrogens with zero attached hydrogens (tertiary/aromatic N) is 1. The Kier molecular flexibility index (Phi) is 4.01. The normalized spacial score (nSPS) is 10.4. The van der Waals surface area contributed by atoms with Crippen molar-refractivity contribution in [2.75, 3.05) is 11.9 Å². The summed E-state index contributed by atoms with van der Waals surface area (Å²) in [4.78, 5) is 15.8. The van der Waals surface area contributed by atoms with Gasteiger partial charge in [-0.2, -0.15) is 0 Å². The molecule has 4 heteroatoms. The number of aromatic nitrogens is 1. The maximum atomic E-state index is 11.7. The molecular formula is C18H16N2O2. The number of pyridine rings is 1. The first-order valence-electron chi connectivity index (χ1n) is 7.14. The van der Waals surface area contributed by atoms with Gasteiger partial charge in [0.05, 0.1) is 24.1 Å². The summed E-state index contributed by atoms with van der Waals surface area (Å²) in [5, 5.41) is 5.60. The van der Waals surface area contributed by atoms with Crippen LogP contribution in [0.25, 0.3) is 10.8 Å². The van der Waals surface area contributed by atoms with E-state index in [1.54, 1.807) is 19.2 Å². The summed E-state index contributed by atoms with van der Waals surface area (Å²) in [6.45, 7) is 2.13. The predicted octanol–water partition coefficient (Wildman–Crippen LogP) is 4.16. The van der Waals surface area contributed by atoms with Crippen LogP contribution in [0.5, 0.6) is 0 Å². The largest absolute Gasteiger partial charge is 0.462 e. The van der Waals surface area contributed by atoms with Gasteiger partial charge in [-0.25, -0.2) is 4.79 Å². The van der Waals surface area contributed by atoms with Crippen LogP contribution in [0.4, 0.5) is 11.4 Å². The van der Waals surface area contributed by atoms with Crippen LogP contribution in [0.1, 0.15) is 17.3 Å². The number of ether oxygens (including phenoxy) is 1. The maximum absolute atomic E-state index is 11.7. The molecule has 110 valence electrons. The van der Waals surface area contributed by atoms with Crippen LogP contribution in [0.3, 0.4) is 0 Å². The second-order valence-electron chi connectivity index (χ2n) is 4.87. The summed E-state index contributed by atoms with van der Waals surface area (Å²) in [6, 6.07) is 16.0. The first kappa shape index (κ1) is 14.1. The van der Waals surface area contributed by atoms with Gasteiger partial charge in [0.2, 0.25) is 0 Å². The van der Waals surface area contributed by atoms with Crippen LogP contribution >= 0.6 is 0 Å². The van der Waals surface area contributed by atoms with E-state index < -0.39 is 0 Å². The Balaban J connectivity index is 1.85. The lowest BCUT2D eigenvalue weighted by molar-refractivity contribution is 0.0526. The Morgan fingerprint density at radius 1 is 1.05 bits per heavy atom. The van der Waals surface area contributed by atoms with Crippen molar-refractivity contribution in [1.29, 1.82) is 0 Å². The number of carbonyl (C=O) groups excluding carboxylic acids is 1. The third kappa shape index (κ3) is 3.06. The first-order valence-corrected chi connectivity index (χ1v) is 7.14. The molecule has 0 radical (unpaired) electrons. The van der Waals surface area contributed by atoms with E-state index in [2.05, 4.69) is 34.6 Å². The lowest BCUT2D eigenvalue weighted by Crippen LogP contribution is -2.05. The summed E-state index contributed by atoms with van der Waals surface area (Å²) in [6.07, 6.45) is 3.18. The third-order valence-corrected chi connectivity index (χ3v) is 3.29. The van der Waals surface area contributed by atoms with Gasteiger partial charge in [0, 0.05) is 11.9 Å². The minimum Gasteiger partial charge on any atom is -0.462 e. The van der Waals surface area contributed by atoms with Gasteiger partial charge in [0.25, 0.3) is 0 Å². The van der Waals surface area contributed by atoms with E-state index >= 15 is 0 Å². The smallest absolute Gasteiger partial charge is 0.339 e. The average molecular weight is 292 g/mol. The van der Waals surface area contributed by atoms with Crippen LogP contribution < -0.4 is 5.32 Å². The molecule has 1 N–H and O–H groups in total. The molecule has 3 aromatic rings. The molecule has 0 aliphatic heterocycles. The Morgan fingerprint density at radius 3 is 2.68 bits per heavy atom. The minimum absolute atomic E-state index is 0.348. The van der Waals surface area contributed by atoms with Crippen molar-refractivity contribution in [3.63, 3.8) is 0 Å². The van der Waals surface area contributed by atoms with E-state index in [0.717, 1.165) is 16.8 Å². The van der Waals surface area contributed by atoms with Gasteiger partial charge in [0.1, 0.15) is 0 Å². The van der Waals surface area contributed by atoms with Crippen LogP contribution in [0.2, 0.25) is 0 Å². The van der Waals surface area contributed by atoms with Gasteiger partial charge in [-0.3, -0.25) is 4.98 Å². The highest BCUT2D eigenvalue weighted by Crippen LogP contribution is 2.22. The monoisotopic (exact) mass is 292 g/mol. The molecule has 0 fully saturated rings. The summed E-state index contributed by atoms with van der Waals surface area (Å²) >= 11 is 0. The number of carbonyl (C=O) groups is 1. The molecular weight excluding hydrogens is 276 g/mol. The molecule has 0 spiro atoms. The van der Waals surface area contributed by atoms with Crippen LogP contribution in [0.15, 0.2) is 60.9 Å². The van der Waals surface area contributed by atoms with Crippen molar-refractivity contribution in [2.45, 2.75) is 6.92 Å². The van der Waals surface area contributed by atoms with Gasteiger partial charge in [0.15, 0.2) is 0 Å². The molecule has 1 heterocycles. The van der Waals surface area contributed by atoms with Crippen LogP contribution in [-0.4, -0.2) is 17.6 Å². The Bertz CT molecular complexity index is 815. The quantitative estimate of drug-likeness (QED) is 0.734. The van der Waals surface area contributed by atoms with Crippen LogP contribution in [-0.2, 0) is 4.74 Å². The maximum Gasteiger partial charge on any atom is 0.339 e. The van der Waals surface area contributed by atoms with Crippen LogP contribution in [0, 0.1) is 0 Å². The summed E-state index contributed by atoms with van der Waals surface area (Å²) in [7, 11) is 0. The Labute approximate surface area is 128 Å². The molecule has 0 saturated heterocycles. The molecule has 2 aromatic carbocycles.